The summed E-state index contributed by atoms with van der Waals surface area (Å²) >= 11 is 11.6. The highest BCUT2D eigenvalue weighted by molar-refractivity contribution is 6.44. The lowest BCUT2D eigenvalue weighted by Crippen LogP contribution is -2.28. The first-order chi connectivity index (χ1) is 7.54. The molecule has 0 radical (unpaired) electrons. The maximum atomic E-state index is 10.6. The van der Waals surface area contributed by atoms with Crippen molar-refractivity contribution in [3.05, 3.63) is 21.7 Å². The van der Waals surface area contributed by atoms with Crippen LogP contribution in [0.3, 0.4) is 0 Å². The zero-order chi connectivity index (χ0) is 11.9. The molecule has 84 valence electrons. The highest BCUT2D eigenvalue weighted by atomic mass is 35.5. The molecule has 0 saturated carbocycles. The fraction of sp³-hybridized carbons (Fsp3) is 0.111. The Labute approximate surface area is 99.5 Å². The number of aldehydes is 1. The third-order valence-electron chi connectivity index (χ3n) is 1.94. The molecule has 0 aromatic heterocycles. The van der Waals surface area contributed by atoms with Gasteiger partial charge in [-0.05, 0) is 6.07 Å². The van der Waals surface area contributed by atoms with Crippen molar-refractivity contribution in [2.75, 3.05) is 0 Å². The summed E-state index contributed by atoms with van der Waals surface area (Å²) < 4.78 is 9.85. The highest BCUT2D eigenvalue weighted by Crippen LogP contribution is 2.45. The molecule has 1 aliphatic heterocycles. The van der Waals surface area contributed by atoms with Gasteiger partial charge in [0.25, 0.3) is 0 Å². The first kappa shape index (κ1) is 11.0. The topological polar surface area (TPSA) is 72.8 Å². The van der Waals surface area contributed by atoms with Crippen molar-refractivity contribution in [3.8, 4) is 11.5 Å². The van der Waals surface area contributed by atoms with Crippen molar-refractivity contribution in [2.45, 2.75) is 6.29 Å². The zero-order valence-electron chi connectivity index (χ0n) is 7.57. The van der Waals surface area contributed by atoms with E-state index in [4.69, 9.17) is 37.8 Å². The molecule has 1 aromatic rings. The van der Waals surface area contributed by atoms with E-state index in [1.165, 1.54) is 6.07 Å². The van der Waals surface area contributed by atoms with Crippen LogP contribution in [0.4, 0.5) is 0 Å². The lowest BCUT2D eigenvalue weighted by molar-refractivity contribution is -0.154. The second-order valence-electron chi connectivity index (χ2n) is 2.94. The van der Waals surface area contributed by atoms with E-state index in [2.05, 4.69) is 0 Å². The van der Waals surface area contributed by atoms with Gasteiger partial charge in [0.1, 0.15) is 5.02 Å². The molecule has 0 bridgehead atoms. The van der Waals surface area contributed by atoms with Crippen molar-refractivity contribution in [3.63, 3.8) is 0 Å². The van der Waals surface area contributed by atoms with Gasteiger partial charge in [-0.15, -0.1) is 0 Å². The van der Waals surface area contributed by atoms with Crippen molar-refractivity contribution in [2.24, 2.45) is 0 Å². The van der Waals surface area contributed by atoms with Crippen molar-refractivity contribution in [1.29, 1.82) is 0 Å². The van der Waals surface area contributed by atoms with Crippen molar-refractivity contribution >= 4 is 35.5 Å². The summed E-state index contributed by atoms with van der Waals surface area (Å²) in [4.78, 5) is 21.3. The Kier molecular flexibility index (Phi) is 2.65. The van der Waals surface area contributed by atoms with E-state index in [-0.39, 0.29) is 27.1 Å². The molecule has 1 aliphatic rings. The molecule has 1 atom stereocenters. The van der Waals surface area contributed by atoms with Crippen molar-refractivity contribution < 1.29 is 24.2 Å². The number of fused-ring (bicyclic) bond motifs is 1. The fourth-order valence-electron chi connectivity index (χ4n) is 1.24. The number of carboxylic acid groups (broad SMARTS) is 1. The number of carbonyl (C=O) groups is 2. The average Bonchev–Trinajstić information content (AvgIpc) is 2.67. The van der Waals surface area contributed by atoms with Crippen molar-refractivity contribution in [1.82, 2.24) is 0 Å². The van der Waals surface area contributed by atoms with Crippen LogP contribution in [0.15, 0.2) is 6.07 Å². The molecule has 2 rings (SSSR count). The van der Waals surface area contributed by atoms with Gasteiger partial charge >= 0.3 is 12.3 Å². The largest absolute Gasteiger partial charge is 0.476 e. The van der Waals surface area contributed by atoms with Gasteiger partial charge in [0.2, 0.25) is 0 Å². The Balaban J connectivity index is 2.50. The minimum atomic E-state index is -1.47. The van der Waals surface area contributed by atoms with Crippen LogP contribution in [0.1, 0.15) is 10.4 Å². The molecule has 0 saturated heterocycles. The van der Waals surface area contributed by atoms with Gasteiger partial charge in [0, 0.05) is 5.56 Å². The molecular weight excluding hydrogens is 259 g/mol. The smallest absolute Gasteiger partial charge is 0.387 e. The first-order valence-electron chi connectivity index (χ1n) is 4.08. The highest BCUT2D eigenvalue weighted by Gasteiger charge is 2.34. The molecule has 0 spiro atoms. The van der Waals surface area contributed by atoms with Gasteiger partial charge < -0.3 is 14.6 Å². The second kappa shape index (κ2) is 3.84. The van der Waals surface area contributed by atoms with Gasteiger partial charge in [-0.3, -0.25) is 4.79 Å². The maximum absolute atomic E-state index is 10.6. The standard InChI is InChI=1S/C9H4Cl2O5/c10-5-3(2-12)1-4-7(6(5)11)16-9(15-4)8(13)14/h1-2,9H,(H,13,14). The predicted molar refractivity (Wildman–Crippen MR) is 54.5 cm³/mol. The van der Waals surface area contributed by atoms with Crippen LogP contribution in [0, 0.1) is 0 Å². The maximum Gasteiger partial charge on any atom is 0.387 e. The molecular formula is C9H4Cl2O5. The number of halogens is 2. The molecule has 1 unspecified atom stereocenters. The molecule has 0 aliphatic carbocycles. The molecule has 0 fully saturated rings. The molecule has 1 N–H and O–H groups in total. The average molecular weight is 263 g/mol. The second-order valence-corrected chi connectivity index (χ2v) is 3.70. The molecule has 16 heavy (non-hydrogen) atoms. The minimum Gasteiger partial charge on any atom is -0.476 e. The molecule has 7 heteroatoms. The van der Waals surface area contributed by atoms with E-state index in [1.807, 2.05) is 0 Å². The van der Waals surface area contributed by atoms with Gasteiger partial charge in [-0.1, -0.05) is 23.2 Å². The van der Waals surface area contributed by atoms with E-state index >= 15 is 0 Å². The lowest BCUT2D eigenvalue weighted by atomic mass is 10.2. The third kappa shape index (κ3) is 1.58. The number of ether oxygens (including phenoxy) is 2. The number of carbonyl (C=O) groups excluding carboxylic acids is 1. The van der Waals surface area contributed by atoms with Crippen LogP contribution in [-0.4, -0.2) is 23.7 Å². The van der Waals surface area contributed by atoms with Crippen LogP contribution in [-0.2, 0) is 4.79 Å². The Morgan fingerprint density at radius 1 is 1.38 bits per heavy atom. The Hall–Kier alpha value is -1.46. The van der Waals surface area contributed by atoms with Crippen LogP contribution in [0.2, 0.25) is 10.0 Å². The van der Waals surface area contributed by atoms with Gasteiger partial charge in [0.15, 0.2) is 17.8 Å². The van der Waals surface area contributed by atoms with E-state index < -0.39 is 12.3 Å². The Bertz CT molecular complexity index is 485. The third-order valence-corrected chi connectivity index (χ3v) is 2.81. The zero-order valence-corrected chi connectivity index (χ0v) is 9.08. The summed E-state index contributed by atoms with van der Waals surface area (Å²) in [5.74, 6) is -1.18. The first-order valence-corrected chi connectivity index (χ1v) is 4.83. The van der Waals surface area contributed by atoms with E-state index in [1.54, 1.807) is 0 Å². The quantitative estimate of drug-likeness (QED) is 0.826. The monoisotopic (exact) mass is 262 g/mol. The summed E-state index contributed by atoms with van der Waals surface area (Å²) in [5, 5.41) is 8.64. The molecule has 5 nitrogen and oxygen atoms in total. The Morgan fingerprint density at radius 3 is 2.62 bits per heavy atom. The summed E-state index contributed by atoms with van der Waals surface area (Å²) in [6.07, 6.45) is -0.975. The van der Waals surface area contributed by atoms with E-state index in [0.717, 1.165) is 0 Å². The minimum absolute atomic E-state index is 0.00468. The van der Waals surface area contributed by atoms with Gasteiger partial charge in [-0.2, -0.15) is 0 Å². The van der Waals surface area contributed by atoms with Crippen LogP contribution >= 0.6 is 23.2 Å². The normalized spacial score (nSPS) is 17.2. The number of benzene rings is 1. The predicted octanol–water partition coefficient (Wildman–Crippen LogP) is 1.99. The van der Waals surface area contributed by atoms with E-state index in [0.29, 0.717) is 6.29 Å². The molecule has 1 aromatic carbocycles. The lowest BCUT2D eigenvalue weighted by Gasteiger charge is -2.03. The number of rotatable bonds is 2. The number of hydrogen-bond acceptors (Lipinski definition) is 4. The van der Waals surface area contributed by atoms with Crippen LogP contribution in [0.5, 0.6) is 11.5 Å². The van der Waals surface area contributed by atoms with Crippen LogP contribution < -0.4 is 9.47 Å². The SMILES string of the molecule is O=Cc1cc2c(c(Cl)c1Cl)OC(C(=O)O)O2. The molecule has 0 amide bonds. The number of carboxylic acids is 1. The fourth-order valence-corrected chi connectivity index (χ4v) is 1.67. The molecule has 1 heterocycles. The summed E-state index contributed by atoms with van der Waals surface area (Å²) in [6.45, 7) is 0. The Morgan fingerprint density at radius 2 is 2.06 bits per heavy atom. The summed E-state index contributed by atoms with van der Waals surface area (Å²) in [7, 11) is 0. The van der Waals surface area contributed by atoms with Gasteiger partial charge in [-0.25, -0.2) is 4.79 Å². The summed E-state index contributed by atoms with van der Waals surface area (Å²) in [6, 6.07) is 1.28. The van der Waals surface area contributed by atoms with Gasteiger partial charge in [0.05, 0.1) is 5.02 Å². The number of hydrogen-bond donors (Lipinski definition) is 1. The number of aliphatic carboxylic acids is 1. The van der Waals surface area contributed by atoms with Crippen LogP contribution in [0.25, 0.3) is 0 Å². The summed E-state index contributed by atoms with van der Waals surface area (Å²) in [5.41, 5.74) is 0.111. The van der Waals surface area contributed by atoms with E-state index in [9.17, 15) is 9.59 Å².